The van der Waals surface area contributed by atoms with Gasteiger partial charge in [0.05, 0.1) is 5.69 Å². The van der Waals surface area contributed by atoms with E-state index in [1.54, 1.807) is 18.3 Å². The maximum Gasteiger partial charge on any atom is 0.223 e. The summed E-state index contributed by atoms with van der Waals surface area (Å²) in [4.78, 5) is 20.6. The molecule has 0 bridgehead atoms. The Bertz CT molecular complexity index is 670. The summed E-state index contributed by atoms with van der Waals surface area (Å²) in [6.45, 7) is 4.28. The number of hydrogen-bond donors (Lipinski definition) is 1. The van der Waals surface area contributed by atoms with Crippen LogP contribution in [0.1, 0.15) is 12.1 Å². The topological polar surface area (TPSA) is 48.5 Å². The summed E-state index contributed by atoms with van der Waals surface area (Å²) in [7, 11) is 0. The molecule has 0 atom stereocenters. The van der Waals surface area contributed by atoms with E-state index in [-0.39, 0.29) is 11.7 Å². The molecule has 1 aromatic carbocycles. The summed E-state index contributed by atoms with van der Waals surface area (Å²) in [5, 5.41) is 3.26. The molecule has 1 aromatic heterocycles. The monoisotopic (exact) mass is 342 g/mol. The SMILES string of the molecule is O=C(CCNCc1ccccn1)N1CCN(c2ccc(F)cc2)CC1. The number of nitrogens with one attached hydrogen (secondary N) is 1. The molecule has 2 heterocycles. The number of carbonyl (C=O) groups is 1. The van der Waals surface area contributed by atoms with Gasteiger partial charge in [0.15, 0.2) is 0 Å². The van der Waals surface area contributed by atoms with Crippen molar-refractivity contribution >= 4 is 11.6 Å². The van der Waals surface area contributed by atoms with Gasteiger partial charge in [-0.25, -0.2) is 4.39 Å². The molecule has 1 fully saturated rings. The second-order valence-corrected chi connectivity index (χ2v) is 6.09. The van der Waals surface area contributed by atoms with Gasteiger partial charge in [0.2, 0.25) is 5.91 Å². The highest BCUT2D eigenvalue weighted by molar-refractivity contribution is 5.76. The van der Waals surface area contributed by atoms with Crippen molar-refractivity contribution in [2.45, 2.75) is 13.0 Å². The summed E-state index contributed by atoms with van der Waals surface area (Å²) in [6, 6.07) is 12.3. The molecule has 0 spiro atoms. The van der Waals surface area contributed by atoms with Crippen molar-refractivity contribution in [2.24, 2.45) is 0 Å². The number of anilines is 1. The van der Waals surface area contributed by atoms with E-state index < -0.39 is 0 Å². The zero-order valence-electron chi connectivity index (χ0n) is 14.2. The van der Waals surface area contributed by atoms with Crippen LogP contribution in [0.2, 0.25) is 0 Å². The summed E-state index contributed by atoms with van der Waals surface area (Å²) in [5.41, 5.74) is 1.98. The predicted molar refractivity (Wildman–Crippen MR) is 95.8 cm³/mol. The van der Waals surface area contributed by atoms with E-state index in [1.807, 2.05) is 23.1 Å². The number of aromatic nitrogens is 1. The van der Waals surface area contributed by atoms with Crippen molar-refractivity contribution in [3.63, 3.8) is 0 Å². The van der Waals surface area contributed by atoms with E-state index in [0.717, 1.165) is 24.5 Å². The van der Waals surface area contributed by atoms with Gasteiger partial charge in [-0.15, -0.1) is 0 Å². The number of benzene rings is 1. The Morgan fingerprint density at radius 3 is 2.52 bits per heavy atom. The molecule has 1 N–H and O–H groups in total. The number of pyridine rings is 1. The molecule has 1 amide bonds. The van der Waals surface area contributed by atoms with Crippen molar-refractivity contribution in [2.75, 3.05) is 37.6 Å². The van der Waals surface area contributed by atoms with Gasteiger partial charge < -0.3 is 15.1 Å². The third-order valence-corrected chi connectivity index (χ3v) is 4.37. The van der Waals surface area contributed by atoms with Gasteiger partial charge in [-0.2, -0.15) is 0 Å². The molecule has 0 aliphatic carbocycles. The maximum atomic E-state index is 13.0. The van der Waals surface area contributed by atoms with Crippen LogP contribution in [-0.4, -0.2) is 48.5 Å². The first-order valence-electron chi connectivity index (χ1n) is 8.61. The van der Waals surface area contributed by atoms with Crippen LogP contribution in [0.4, 0.5) is 10.1 Å². The zero-order chi connectivity index (χ0) is 17.5. The fourth-order valence-electron chi connectivity index (χ4n) is 2.94. The Balaban J connectivity index is 1.37. The van der Waals surface area contributed by atoms with Crippen LogP contribution in [0, 0.1) is 5.82 Å². The van der Waals surface area contributed by atoms with E-state index in [1.165, 1.54) is 12.1 Å². The van der Waals surface area contributed by atoms with Gasteiger partial charge >= 0.3 is 0 Å². The minimum atomic E-state index is -0.226. The number of amides is 1. The van der Waals surface area contributed by atoms with Crippen molar-refractivity contribution < 1.29 is 9.18 Å². The van der Waals surface area contributed by atoms with Crippen molar-refractivity contribution in [1.29, 1.82) is 0 Å². The maximum absolute atomic E-state index is 13.0. The first-order valence-corrected chi connectivity index (χ1v) is 8.61. The molecular weight excluding hydrogens is 319 g/mol. The molecule has 5 nitrogen and oxygen atoms in total. The van der Waals surface area contributed by atoms with Crippen LogP contribution >= 0.6 is 0 Å². The lowest BCUT2D eigenvalue weighted by Gasteiger charge is -2.36. The molecule has 0 radical (unpaired) electrons. The van der Waals surface area contributed by atoms with Crippen molar-refractivity contribution in [3.05, 3.63) is 60.2 Å². The first-order chi connectivity index (χ1) is 12.2. The van der Waals surface area contributed by atoms with Crippen LogP contribution in [0.3, 0.4) is 0 Å². The lowest BCUT2D eigenvalue weighted by molar-refractivity contribution is -0.131. The Kier molecular flexibility index (Phi) is 5.95. The summed E-state index contributed by atoms with van der Waals surface area (Å²) < 4.78 is 13.0. The molecular formula is C19H23FN4O. The Morgan fingerprint density at radius 1 is 1.08 bits per heavy atom. The number of hydrogen-bond acceptors (Lipinski definition) is 4. The second-order valence-electron chi connectivity index (χ2n) is 6.09. The van der Waals surface area contributed by atoms with Crippen LogP contribution in [-0.2, 0) is 11.3 Å². The molecule has 1 aliphatic rings. The fourth-order valence-corrected chi connectivity index (χ4v) is 2.94. The first kappa shape index (κ1) is 17.4. The van der Waals surface area contributed by atoms with Gasteiger partial charge in [0, 0.05) is 57.6 Å². The van der Waals surface area contributed by atoms with Crippen LogP contribution < -0.4 is 10.2 Å². The van der Waals surface area contributed by atoms with Crippen LogP contribution in [0.25, 0.3) is 0 Å². The lowest BCUT2D eigenvalue weighted by atomic mass is 10.2. The Hall–Kier alpha value is -2.47. The third kappa shape index (κ3) is 5.00. The average molecular weight is 342 g/mol. The van der Waals surface area contributed by atoms with Crippen LogP contribution in [0.15, 0.2) is 48.7 Å². The molecule has 0 unspecified atom stereocenters. The van der Waals surface area contributed by atoms with Gasteiger partial charge in [-0.3, -0.25) is 9.78 Å². The molecule has 3 rings (SSSR count). The molecule has 132 valence electrons. The standard InChI is InChI=1S/C19H23FN4O/c20-16-4-6-18(7-5-16)23-11-13-24(14-12-23)19(25)8-10-21-15-17-3-1-2-9-22-17/h1-7,9,21H,8,10-15H2. The average Bonchev–Trinajstić information content (AvgIpc) is 2.67. The van der Waals surface area contributed by atoms with E-state index in [2.05, 4.69) is 15.2 Å². The van der Waals surface area contributed by atoms with E-state index >= 15 is 0 Å². The van der Waals surface area contributed by atoms with Gasteiger partial charge in [-0.05, 0) is 36.4 Å². The predicted octanol–water partition coefficient (Wildman–Crippen LogP) is 2.05. The number of carbonyl (C=O) groups excluding carboxylic acids is 1. The minimum Gasteiger partial charge on any atom is -0.368 e. The molecule has 1 aliphatic heterocycles. The number of nitrogens with zero attached hydrogens (tertiary/aromatic N) is 3. The van der Waals surface area contributed by atoms with E-state index in [0.29, 0.717) is 32.6 Å². The molecule has 2 aromatic rings. The lowest BCUT2D eigenvalue weighted by Crippen LogP contribution is -2.49. The molecule has 6 heteroatoms. The molecule has 0 saturated carbocycles. The molecule has 1 saturated heterocycles. The highest BCUT2D eigenvalue weighted by Crippen LogP contribution is 2.17. The van der Waals surface area contributed by atoms with Gasteiger partial charge in [-0.1, -0.05) is 6.07 Å². The van der Waals surface area contributed by atoms with Gasteiger partial charge in [0.25, 0.3) is 0 Å². The quantitative estimate of drug-likeness (QED) is 0.817. The van der Waals surface area contributed by atoms with Crippen molar-refractivity contribution in [1.82, 2.24) is 15.2 Å². The number of piperazine rings is 1. The minimum absolute atomic E-state index is 0.173. The molecule has 25 heavy (non-hydrogen) atoms. The van der Waals surface area contributed by atoms with E-state index in [4.69, 9.17) is 0 Å². The number of rotatable bonds is 6. The van der Waals surface area contributed by atoms with Gasteiger partial charge in [0.1, 0.15) is 5.82 Å². The fraction of sp³-hybridized carbons (Fsp3) is 0.368. The smallest absolute Gasteiger partial charge is 0.223 e. The number of halogens is 1. The Labute approximate surface area is 147 Å². The normalized spacial score (nSPS) is 14.6. The third-order valence-electron chi connectivity index (χ3n) is 4.37. The summed E-state index contributed by atoms with van der Waals surface area (Å²) >= 11 is 0. The largest absolute Gasteiger partial charge is 0.368 e. The highest BCUT2D eigenvalue weighted by atomic mass is 19.1. The highest BCUT2D eigenvalue weighted by Gasteiger charge is 2.20. The summed E-state index contributed by atoms with van der Waals surface area (Å²) in [6.07, 6.45) is 2.26. The second kappa shape index (κ2) is 8.58. The Morgan fingerprint density at radius 2 is 1.84 bits per heavy atom. The zero-order valence-corrected chi connectivity index (χ0v) is 14.2. The van der Waals surface area contributed by atoms with E-state index in [9.17, 15) is 9.18 Å². The van der Waals surface area contributed by atoms with Crippen molar-refractivity contribution in [3.8, 4) is 0 Å². The van der Waals surface area contributed by atoms with Crippen LogP contribution in [0.5, 0.6) is 0 Å². The summed E-state index contributed by atoms with van der Waals surface area (Å²) in [5.74, 6) is -0.0527.